The van der Waals surface area contributed by atoms with E-state index in [4.69, 9.17) is 5.73 Å². The van der Waals surface area contributed by atoms with E-state index in [1.54, 1.807) is 0 Å². The molecule has 20 heavy (non-hydrogen) atoms. The largest absolute Gasteiger partial charge is 0.348 e. The van der Waals surface area contributed by atoms with Gasteiger partial charge in [-0.25, -0.2) is 0 Å². The molecule has 0 saturated carbocycles. The van der Waals surface area contributed by atoms with E-state index in [2.05, 4.69) is 31.3 Å². The molecule has 1 amide bonds. The van der Waals surface area contributed by atoms with Crippen LogP contribution in [0, 0.1) is 11.8 Å². The van der Waals surface area contributed by atoms with E-state index in [9.17, 15) is 4.79 Å². The molecule has 0 aliphatic carbocycles. The number of carbonyl (C=O) groups is 1. The summed E-state index contributed by atoms with van der Waals surface area (Å²) in [7, 11) is 0. The van der Waals surface area contributed by atoms with Gasteiger partial charge in [0.15, 0.2) is 0 Å². The van der Waals surface area contributed by atoms with E-state index >= 15 is 0 Å². The second kappa shape index (κ2) is 8.05. The van der Waals surface area contributed by atoms with Gasteiger partial charge in [0.1, 0.15) is 0 Å². The summed E-state index contributed by atoms with van der Waals surface area (Å²) in [6.07, 6.45) is 2.07. The molecule has 0 fully saturated rings. The molecule has 0 bridgehead atoms. The summed E-state index contributed by atoms with van der Waals surface area (Å²) < 4.78 is 0. The fraction of sp³-hybridized carbons (Fsp3) is 0.588. The topological polar surface area (TPSA) is 55.1 Å². The Kier molecular flexibility index (Phi) is 6.73. The van der Waals surface area contributed by atoms with Crippen LogP contribution in [-0.4, -0.2) is 11.9 Å². The highest BCUT2D eigenvalue weighted by Crippen LogP contribution is 2.27. The number of amides is 1. The molecular weight excluding hydrogens is 248 g/mol. The van der Waals surface area contributed by atoms with Crippen LogP contribution in [0.2, 0.25) is 0 Å². The lowest BCUT2D eigenvalue weighted by Crippen LogP contribution is -2.46. The van der Waals surface area contributed by atoms with E-state index in [1.807, 2.05) is 32.0 Å². The van der Waals surface area contributed by atoms with E-state index in [0.717, 1.165) is 18.4 Å². The lowest BCUT2D eigenvalue weighted by atomic mass is 9.88. The predicted octanol–water partition coefficient (Wildman–Crippen LogP) is 3.26. The van der Waals surface area contributed by atoms with Crippen molar-refractivity contribution in [2.45, 2.75) is 52.6 Å². The zero-order chi connectivity index (χ0) is 15.1. The number of benzene rings is 1. The summed E-state index contributed by atoms with van der Waals surface area (Å²) in [4.78, 5) is 12.3. The van der Waals surface area contributed by atoms with Crippen molar-refractivity contribution >= 4 is 5.91 Å². The molecule has 1 aromatic carbocycles. The summed E-state index contributed by atoms with van der Waals surface area (Å²) in [5, 5.41) is 3.15. The summed E-state index contributed by atoms with van der Waals surface area (Å²) in [6.45, 7) is 8.27. The highest BCUT2D eigenvalue weighted by atomic mass is 16.2. The summed E-state index contributed by atoms with van der Waals surface area (Å²) in [5.74, 6) is 0.523. The molecule has 2 atom stereocenters. The van der Waals surface area contributed by atoms with Crippen molar-refractivity contribution in [1.82, 2.24) is 5.32 Å². The van der Waals surface area contributed by atoms with Crippen molar-refractivity contribution < 1.29 is 4.79 Å². The monoisotopic (exact) mass is 276 g/mol. The predicted molar refractivity (Wildman–Crippen MR) is 84.2 cm³/mol. The fourth-order valence-electron chi connectivity index (χ4n) is 2.45. The van der Waals surface area contributed by atoms with Gasteiger partial charge in [-0.2, -0.15) is 0 Å². The van der Waals surface area contributed by atoms with Gasteiger partial charge in [-0.3, -0.25) is 4.79 Å². The Hall–Kier alpha value is -1.35. The Morgan fingerprint density at radius 1 is 1.15 bits per heavy atom. The van der Waals surface area contributed by atoms with Crippen LogP contribution < -0.4 is 11.1 Å². The zero-order valence-corrected chi connectivity index (χ0v) is 13.1. The third kappa shape index (κ3) is 4.34. The van der Waals surface area contributed by atoms with Crippen LogP contribution in [0.15, 0.2) is 30.3 Å². The van der Waals surface area contributed by atoms with Crippen LogP contribution in [0.3, 0.4) is 0 Å². The zero-order valence-electron chi connectivity index (χ0n) is 13.1. The van der Waals surface area contributed by atoms with Crippen LogP contribution in [0.25, 0.3) is 0 Å². The van der Waals surface area contributed by atoms with Crippen LogP contribution >= 0.6 is 0 Å². The molecule has 0 aliphatic heterocycles. The molecule has 3 N–H and O–H groups in total. The van der Waals surface area contributed by atoms with Gasteiger partial charge in [-0.15, -0.1) is 0 Å². The summed E-state index contributed by atoms with van der Waals surface area (Å²) >= 11 is 0. The SMILES string of the molecule is CCC(CC)C(NC(=O)C(N)C(C)C)c1ccccc1. The number of hydrogen-bond donors (Lipinski definition) is 2. The van der Waals surface area contributed by atoms with Crippen molar-refractivity contribution in [3.63, 3.8) is 0 Å². The molecule has 0 spiro atoms. The smallest absolute Gasteiger partial charge is 0.237 e. The molecule has 0 aromatic heterocycles. The average Bonchev–Trinajstić information content (AvgIpc) is 2.47. The van der Waals surface area contributed by atoms with Crippen molar-refractivity contribution in [3.8, 4) is 0 Å². The maximum absolute atomic E-state index is 12.3. The third-order valence-corrected chi connectivity index (χ3v) is 4.00. The minimum Gasteiger partial charge on any atom is -0.348 e. The molecule has 1 aromatic rings. The van der Waals surface area contributed by atoms with Crippen molar-refractivity contribution in [2.24, 2.45) is 17.6 Å². The molecule has 3 heteroatoms. The number of rotatable bonds is 7. The Morgan fingerprint density at radius 3 is 2.15 bits per heavy atom. The highest BCUT2D eigenvalue weighted by molar-refractivity contribution is 5.82. The van der Waals surface area contributed by atoms with Crippen LogP contribution in [-0.2, 0) is 4.79 Å². The van der Waals surface area contributed by atoms with Gasteiger partial charge in [0.2, 0.25) is 5.91 Å². The Labute approximate surface area is 122 Å². The van der Waals surface area contributed by atoms with E-state index < -0.39 is 6.04 Å². The average molecular weight is 276 g/mol. The van der Waals surface area contributed by atoms with Crippen molar-refractivity contribution in [3.05, 3.63) is 35.9 Å². The first-order chi connectivity index (χ1) is 9.51. The number of nitrogens with one attached hydrogen (secondary N) is 1. The normalized spacial score (nSPS) is 14.3. The molecule has 2 unspecified atom stereocenters. The first kappa shape index (κ1) is 16.7. The summed E-state index contributed by atoms with van der Waals surface area (Å²) in [5.41, 5.74) is 7.12. The molecule has 1 rings (SSSR count). The highest BCUT2D eigenvalue weighted by Gasteiger charge is 2.25. The maximum Gasteiger partial charge on any atom is 0.237 e. The minimum absolute atomic E-state index is 0.0449. The van der Waals surface area contributed by atoms with Gasteiger partial charge in [0.25, 0.3) is 0 Å². The van der Waals surface area contributed by atoms with Gasteiger partial charge in [0, 0.05) is 0 Å². The maximum atomic E-state index is 12.3. The van der Waals surface area contributed by atoms with E-state index in [1.165, 1.54) is 0 Å². The van der Waals surface area contributed by atoms with Crippen molar-refractivity contribution in [2.75, 3.05) is 0 Å². The quantitative estimate of drug-likeness (QED) is 0.803. The van der Waals surface area contributed by atoms with Crippen LogP contribution in [0.5, 0.6) is 0 Å². The fourth-order valence-corrected chi connectivity index (χ4v) is 2.45. The molecule has 0 saturated heterocycles. The second-order valence-electron chi connectivity index (χ2n) is 5.74. The first-order valence-electron chi connectivity index (χ1n) is 7.62. The molecule has 0 radical (unpaired) electrons. The molecule has 3 nitrogen and oxygen atoms in total. The van der Waals surface area contributed by atoms with Gasteiger partial charge < -0.3 is 11.1 Å². The molecule has 0 heterocycles. The van der Waals surface area contributed by atoms with E-state index in [0.29, 0.717) is 5.92 Å². The molecule has 112 valence electrons. The lowest BCUT2D eigenvalue weighted by Gasteiger charge is -2.29. The van der Waals surface area contributed by atoms with Gasteiger partial charge in [0.05, 0.1) is 12.1 Å². The van der Waals surface area contributed by atoms with Crippen LogP contribution in [0.4, 0.5) is 0 Å². The standard InChI is InChI=1S/C17H28N2O/c1-5-13(6-2)16(14-10-8-7-9-11-14)19-17(20)15(18)12(3)4/h7-13,15-16H,5-6,18H2,1-4H3,(H,19,20). The van der Waals surface area contributed by atoms with Gasteiger partial charge >= 0.3 is 0 Å². The molecular formula is C17H28N2O. The minimum atomic E-state index is -0.449. The second-order valence-corrected chi connectivity index (χ2v) is 5.74. The number of hydrogen-bond acceptors (Lipinski definition) is 2. The van der Waals surface area contributed by atoms with Crippen LogP contribution in [0.1, 0.15) is 52.1 Å². The van der Waals surface area contributed by atoms with Crippen molar-refractivity contribution in [1.29, 1.82) is 0 Å². The Morgan fingerprint density at radius 2 is 1.70 bits per heavy atom. The Bertz CT molecular complexity index is 399. The molecule has 0 aliphatic rings. The van der Waals surface area contributed by atoms with E-state index in [-0.39, 0.29) is 17.9 Å². The lowest BCUT2D eigenvalue weighted by molar-refractivity contribution is -0.124. The number of carbonyl (C=O) groups excluding carboxylic acids is 1. The first-order valence-corrected chi connectivity index (χ1v) is 7.62. The number of nitrogens with two attached hydrogens (primary N) is 1. The Balaban J connectivity index is 2.92. The van der Waals surface area contributed by atoms with Gasteiger partial charge in [-0.1, -0.05) is 70.9 Å². The summed E-state index contributed by atoms with van der Waals surface area (Å²) in [6, 6.07) is 9.76. The van der Waals surface area contributed by atoms with Gasteiger partial charge in [-0.05, 0) is 17.4 Å². The third-order valence-electron chi connectivity index (χ3n) is 4.00.